The fourth-order valence-electron chi connectivity index (χ4n) is 3.00. The van der Waals surface area contributed by atoms with E-state index in [9.17, 15) is 0 Å². The van der Waals surface area contributed by atoms with Gasteiger partial charge < -0.3 is 10.2 Å². The lowest BCUT2D eigenvalue weighted by Crippen LogP contribution is -2.45. The lowest BCUT2D eigenvalue weighted by Gasteiger charge is -2.36. The lowest BCUT2D eigenvalue weighted by atomic mass is 10.2. The Balaban J connectivity index is 1.50. The minimum Gasteiger partial charge on any atom is -0.384 e. The van der Waals surface area contributed by atoms with E-state index in [0.717, 1.165) is 45.0 Å². The molecule has 0 unspecified atom stereocenters. The zero-order valence-corrected chi connectivity index (χ0v) is 14.4. The summed E-state index contributed by atoms with van der Waals surface area (Å²) >= 11 is 4.22. The van der Waals surface area contributed by atoms with Crippen LogP contribution < -0.4 is 10.2 Å². The molecule has 3 nitrogen and oxygen atoms in total. The van der Waals surface area contributed by atoms with Crippen molar-refractivity contribution in [1.29, 1.82) is 0 Å². The van der Waals surface area contributed by atoms with Crippen LogP contribution >= 0.6 is 12.6 Å². The van der Waals surface area contributed by atoms with Gasteiger partial charge in [-0.3, -0.25) is 4.90 Å². The summed E-state index contributed by atoms with van der Waals surface area (Å²) in [5.74, 6) is 0.852. The molecule has 0 amide bonds. The smallest absolute Gasteiger partial charge is 0.0368 e. The Hall–Kier alpha value is -1.65. The quantitative estimate of drug-likeness (QED) is 0.793. The molecule has 4 heteroatoms. The van der Waals surface area contributed by atoms with Crippen molar-refractivity contribution in [3.05, 3.63) is 60.2 Å². The van der Waals surface area contributed by atoms with Crippen molar-refractivity contribution in [2.24, 2.45) is 0 Å². The highest BCUT2D eigenvalue weighted by Gasteiger charge is 2.17. The zero-order chi connectivity index (χ0) is 15.9. The van der Waals surface area contributed by atoms with Crippen molar-refractivity contribution in [2.45, 2.75) is 6.54 Å². The number of nitrogens with one attached hydrogen (secondary N) is 1. The van der Waals surface area contributed by atoms with E-state index in [2.05, 4.69) is 82.3 Å². The van der Waals surface area contributed by atoms with Crippen LogP contribution in [-0.2, 0) is 6.54 Å². The number of benzene rings is 2. The molecule has 2 aromatic rings. The van der Waals surface area contributed by atoms with Gasteiger partial charge >= 0.3 is 0 Å². The molecule has 1 heterocycles. The highest BCUT2D eigenvalue weighted by Crippen LogP contribution is 2.20. The van der Waals surface area contributed by atoms with Crippen molar-refractivity contribution in [3.8, 4) is 0 Å². The molecule has 0 bridgehead atoms. The van der Waals surface area contributed by atoms with Crippen LogP contribution in [0.4, 0.5) is 11.4 Å². The summed E-state index contributed by atoms with van der Waals surface area (Å²) in [7, 11) is 0. The molecule has 0 aliphatic carbocycles. The van der Waals surface area contributed by atoms with Gasteiger partial charge in [-0.1, -0.05) is 30.3 Å². The van der Waals surface area contributed by atoms with Crippen molar-refractivity contribution in [3.63, 3.8) is 0 Å². The van der Waals surface area contributed by atoms with Crippen molar-refractivity contribution >= 4 is 24.0 Å². The third-order valence-electron chi connectivity index (χ3n) is 4.29. The summed E-state index contributed by atoms with van der Waals surface area (Å²) < 4.78 is 0. The van der Waals surface area contributed by atoms with E-state index in [0.29, 0.717) is 0 Å². The average molecular weight is 327 g/mol. The number of hydrogen-bond acceptors (Lipinski definition) is 4. The molecular weight excluding hydrogens is 302 g/mol. The van der Waals surface area contributed by atoms with Crippen LogP contribution in [0.25, 0.3) is 0 Å². The van der Waals surface area contributed by atoms with Crippen LogP contribution in [0, 0.1) is 0 Å². The lowest BCUT2D eigenvalue weighted by molar-refractivity contribution is 0.250. The van der Waals surface area contributed by atoms with E-state index in [1.807, 2.05) is 0 Å². The Bertz CT molecular complexity index is 577. The van der Waals surface area contributed by atoms with Crippen molar-refractivity contribution in [2.75, 3.05) is 48.7 Å². The molecule has 1 fully saturated rings. The summed E-state index contributed by atoms with van der Waals surface area (Å²) in [6.45, 7) is 6.39. The molecular formula is C19H25N3S. The molecule has 23 heavy (non-hydrogen) atoms. The topological polar surface area (TPSA) is 18.5 Å². The number of thiol groups is 1. The minimum atomic E-state index is 0.852. The summed E-state index contributed by atoms with van der Waals surface area (Å²) in [6, 6.07) is 19.5. The van der Waals surface area contributed by atoms with Crippen molar-refractivity contribution in [1.82, 2.24) is 4.90 Å². The Morgan fingerprint density at radius 2 is 1.57 bits per heavy atom. The molecule has 1 aliphatic heterocycles. The summed E-state index contributed by atoms with van der Waals surface area (Å²) in [4.78, 5) is 5.01. The first-order chi connectivity index (χ1) is 11.3. The largest absolute Gasteiger partial charge is 0.384 e. The standard InChI is InChI=1S/C19H25N3S/c23-15-10-20-18-6-8-19(9-7-18)22-13-11-21(12-14-22)16-17-4-2-1-3-5-17/h1-9,20,23H,10-16H2. The van der Waals surface area contributed by atoms with Gasteiger partial charge in [0.1, 0.15) is 0 Å². The highest BCUT2D eigenvalue weighted by molar-refractivity contribution is 7.80. The Kier molecular flexibility index (Phi) is 5.83. The maximum Gasteiger partial charge on any atom is 0.0368 e. The monoisotopic (exact) mass is 327 g/mol. The fourth-order valence-corrected chi connectivity index (χ4v) is 3.11. The second-order valence-corrected chi connectivity index (χ2v) is 6.39. The summed E-state index contributed by atoms with van der Waals surface area (Å²) in [6.07, 6.45) is 0. The average Bonchev–Trinajstić information content (AvgIpc) is 2.62. The maximum absolute atomic E-state index is 4.22. The Morgan fingerprint density at radius 3 is 2.22 bits per heavy atom. The molecule has 0 spiro atoms. The number of nitrogens with zero attached hydrogens (tertiary/aromatic N) is 2. The predicted octanol–water partition coefficient (Wildman–Crippen LogP) is 3.35. The SMILES string of the molecule is SCCNc1ccc(N2CCN(Cc3ccccc3)CC2)cc1. The molecule has 0 saturated carbocycles. The first-order valence-electron chi connectivity index (χ1n) is 8.31. The van der Waals surface area contributed by atoms with Gasteiger partial charge in [-0.05, 0) is 29.8 Å². The van der Waals surface area contributed by atoms with Crippen LogP contribution in [0.1, 0.15) is 5.56 Å². The van der Waals surface area contributed by atoms with Crippen LogP contribution in [0.5, 0.6) is 0 Å². The summed E-state index contributed by atoms with van der Waals surface area (Å²) in [5, 5.41) is 3.36. The number of piperazine rings is 1. The van der Waals surface area contributed by atoms with E-state index in [-0.39, 0.29) is 0 Å². The first kappa shape index (κ1) is 16.2. The van der Waals surface area contributed by atoms with Gasteiger partial charge in [0.15, 0.2) is 0 Å². The van der Waals surface area contributed by atoms with Crippen molar-refractivity contribution < 1.29 is 0 Å². The van der Waals surface area contributed by atoms with E-state index in [1.165, 1.54) is 16.9 Å². The molecule has 0 radical (unpaired) electrons. The highest BCUT2D eigenvalue weighted by atomic mass is 32.1. The molecule has 1 saturated heterocycles. The van der Waals surface area contributed by atoms with E-state index in [1.54, 1.807) is 0 Å². The fraction of sp³-hybridized carbons (Fsp3) is 0.368. The van der Waals surface area contributed by atoms with Crippen LogP contribution in [-0.4, -0.2) is 43.4 Å². The van der Waals surface area contributed by atoms with E-state index in [4.69, 9.17) is 0 Å². The number of rotatable bonds is 6. The van der Waals surface area contributed by atoms with Gasteiger partial charge in [0.25, 0.3) is 0 Å². The maximum atomic E-state index is 4.22. The third kappa shape index (κ3) is 4.66. The van der Waals surface area contributed by atoms with E-state index >= 15 is 0 Å². The number of hydrogen-bond donors (Lipinski definition) is 2. The predicted molar refractivity (Wildman–Crippen MR) is 103 cm³/mol. The number of anilines is 2. The van der Waals surface area contributed by atoms with Gasteiger partial charge in [-0.2, -0.15) is 12.6 Å². The molecule has 1 N–H and O–H groups in total. The second kappa shape index (κ2) is 8.27. The van der Waals surface area contributed by atoms with Gasteiger partial charge in [-0.15, -0.1) is 0 Å². The molecule has 0 aromatic heterocycles. The van der Waals surface area contributed by atoms with Gasteiger partial charge in [0.05, 0.1) is 0 Å². The molecule has 2 aromatic carbocycles. The first-order valence-corrected chi connectivity index (χ1v) is 8.94. The molecule has 3 rings (SSSR count). The second-order valence-electron chi connectivity index (χ2n) is 5.95. The minimum absolute atomic E-state index is 0.852. The summed E-state index contributed by atoms with van der Waals surface area (Å²) in [5.41, 5.74) is 3.90. The molecule has 1 aliphatic rings. The van der Waals surface area contributed by atoms with Gasteiger partial charge in [0.2, 0.25) is 0 Å². The van der Waals surface area contributed by atoms with Gasteiger partial charge in [-0.25, -0.2) is 0 Å². The third-order valence-corrected chi connectivity index (χ3v) is 4.52. The van der Waals surface area contributed by atoms with Crippen LogP contribution in [0.3, 0.4) is 0 Å². The zero-order valence-electron chi connectivity index (χ0n) is 13.5. The Labute approximate surface area is 144 Å². The molecule has 122 valence electrons. The van der Waals surface area contributed by atoms with Crippen LogP contribution in [0.2, 0.25) is 0 Å². The normalized spacial score (nSPS) is 15.6. The molecule has 0 atom stereocenters. The van der Waals surface area contributed by atoms with Crippen LogP contribution in [0.15, 0.2) is 54.6 Å². The Morgan fingerprint density at radius 1 is 0.870 bits per heavy atom. The van der Waals surface area contributed by atoms with E-state index < -0.39 is 0 Å². The van der Waals surface area contributed by atoms with Gasteiger partial charge in [0, 0.05) is 56.4 Å².